The second kappa shape index (κ2) is 6.72. The van der Waals surface area contributed by atoms with Crippen molar-refractivity contribution in [3.05, 3.63) is 34.9 Å². The lowest BCUT2D eigenvalue weighted by molar-refractivity contribution is 0.683. The van der Waals surface area contributed by atoms with Gasteiger partial charge in [-0.25, -0.2) is 0 Å². The molecule has 1 saturated heterocycles. The minimum Gasteiger partial charge on any atom is -0.312 e. The first kappa shape index (κ1) is 13.3. The van der Waals surface area contributed by atoms with Gasteiger partial charge in [0.1, 0.15) is 0 Å². The molecule has 1 unspecified atom stereocenters. The van der Waals surface area contributed by atoms with E-state index in [0.717, 1.165) is 18.3 Å². The van der Waals surface area contributed by atoms with E-state index in [1.807, 2.05) is 0 Å². The molecule has 0 amide bonds. The van der Waals surface area contributed by atoms with Crippen molar-refractivity contribution >= 4 is 23.5 Å². The summed E-state index contributed by atoms with van der Waals surface area (Å²) in [5.74, 6) is 3.96. The molecule has 0 radical (unpaired) electrons. The van der Waals surface area contributed by atoms with Crippen LogP contribution in [-0.4, -0.2) is 29.1 Å². The second-order valence-electron chi connectivity index (χ2n) is 4.56. The molecule has 1 aromatic rings. The van der Waals surface area contributed by atoms with E-state index in [0.29, 0.717) is 0 Å². The van der Waals surface area contributed by atoms with E-state index in [1.165, 1.54) is 33.9 Å². The van der Waals surface area contributed by atoms with Crippen LogP contribution in [0.25, 0.3) is 0 Å². The number of rotatable bonds is 4. The molecule has 1 atom stereocenters. The number of nitrogens with one attached hydrogen (secondary N) is 1. The van der Waals surface area contributed by atoms with Crippen LogP contribution in [0.2, 0.25) is 0 Å². The Bertz CT molecular complexity index is 359. The van der Waals surface area contributed by atoms with Crippen molar-refractivity contribution in [1.82, 2.24) is 5.32 Å². The average molecular weight is 267 g/mol. The van der Waals surface area contributed by atoms with Gasteiger partial charge in [0.15, 0.2) is 0 Å². The number of hydrogen-bond acceptors (Lipinski definition) is 3. The maximum Gasteiger partial charge on any atom is 0.0263 e. The maximum absolute atomic E-state index is 3.61. The predicted octanol–water partition coefficient (Wildman–Crippen LogP) is 3.24. The van der Waals surface area contributed by atoms with Crippen LogP contribution in [0.1, 0.15) is 16.7 Å². The Morgan fingerprint density at radius 3 is 2.94 bits per heavy atom. The van der Waals surface area contributed by atoms with Crippen molar-refractivity contribution in [3.8, 4) is 0 Å². The molecule has 1 aliphatic heterocycles. The summed E-state index contributed by atoms with van der Waals surface area (Å²) in [6.07, 6.45) is 0. The molecule has 1 heterocycles. The highest BCUT2D eigenvalue weighted by molar-refractivity contribution is 8.06. The number of hydrogen-bond donors (Lipinski definition) is 1. The quantitative estimate of drug-likeness (QED) is 0.899. The Hall–Kier alpha value is -0.120. The first-order chi connectivity index (χ1) is 8.27. The molecule has 0 saturated carbocycles. The highest BCUT2D eigenvalue weighted by Gasteiger charge is 2.13. The molecule has 2 rings (SSSR count). The van der Waals surface area contributed by atoms with Crippen LogP contribution in [0.5, 0.6) is 0 Å². The summed E-state index contributed by atoms with van der Waals surface area (Å²) in [5.41, 5.74) is 4.27. The third kappa shape index (κ3) is 3.94. The van der Waals surface area contributed by atoms with Gasteiger partial charge in [-0.1, -0.05) is 18.2 Å². The van der Waals surface area contributed by atoms with E-state index in [1.54, 1.807) is 0 Å². The molecule has 1 N–H and O–H groups in total. The van der Waals surface area contributed by atoms with Crippen LogP contribution in [0.15, 0.2) is 18.2 Å². The molecule has 1 nitrogen and oxygen atoms in total. The van der Waals surface area contributed by atoms with E-state index < -0.39 is 0 Å². The van der Waals surface area contributed by atoms with Crippen molar-refractivity contribution in [1.29, 1.82) is 0 Å². The Kier molecular flexibility index (Phi) is 5.26. The topological polar surface area (TPSA) is 12.0 Å². The third-order valence-electron chi connectivity index (χ3n) is 3.29. The van der Waals surface area contributed by atoms with Gasteiger partial charge in [-0.2, -0.15) is 23.5 Å². The fraction of sp³-hybridized carbons (Fsp3) is 0.571. The summed E-state index contributed by atoms with van der Waals surface area (Å²) < 4.78 is 0. The van der Waals surface area contributed by atoms with Gasteiger partial charge in [-0.15, -0.1) is 0 Å². The van der Waals surface area contributed by atoms with Crippen molar-refractivity contribution in [3.63, 3.8) is 0 Å². The molecule has 1 aliphatic rings. The van der Waals surface area contributed by atoms with Crippen LogP contribution in [0.3, 0.4) is 0 Å². The molecule has 0 aromatic heterocycles. The zero-order valence-electron chi connectivity index (χ0n) is 10.7. The smallest absolute Gasteiger partial charge is 0.0263 e. The van der Waals surface area contributed by atoms with E-state index in [-0.39, 0.29) is 0 Å². The Balaban J connectivity index is 1.79. The monoisotopic (exact) mass is 267 g/mol. The standard InChI is InChI=1S/C14H21NS2/c1-11-4-3-5-13(12(11)2)8-15-9-14-10-16-6-7-17-14/h3-5,14-15H,6-10H2,1-2H3. The lowest BCUT2D eigenvalue weighted by Crippen LogP contribution is -2.28. The first-order valence-corrected chi connectivity index (χ1v) is 8.43. The minimum absolute atomic E-state index is 0.805. The number of benzene rings is 1. The number of aryl methyl sites for hydroxylation is 1. The van der Waals surface area contributed by atoms with Gasteiger partial charge in [-0.3, -0.25) is 0 Å². The Morgan fingerprint density at radius 1 is 1.29 bits per heavy atom. The highest BCUT2D eigenvalue weighted by atomic mass is 32.2. The zero-order chi connectivity index (χ0) is 12.1. The van der Waals surface area contributed by atoms with E-state index in [9.17, 15) is 0 Å². The SMILES string of the molecule is Cc1cccc(CNCC2CSCCS2)c1C. The van der Waals surface area contributed by atoms with Gasteiger partial charge < -0.3 is 5.32 Å². The summed E-state index contributed by atoms with van der Waals surface area (Å²) in [4.78, 5) is 0. The molecule has 0 spiro atoms. The van der Waals surface area contributed by atoms with E-state index in [4.69, 9.17) is 0 Å². The van der Waals surface area contributed by atoms with Gasteiger partial charge in [0.05, 0.1) is 0 Å². The summed E-state index contributed by atoms with van der Waals surface area (Å²) in [7, 11) is 0. The molecule has 0 aliphatic carbocycles. The molecule has 94 valence electrons. The minimum atomic E-state index is 0.805. The van der Waals surface area contributed by atoms with E-state index >= 15 is 0 Å². The molecular formula is C14H21NS2. The Morgan fingerprint density at radius 2 is 2.18 bits per heavy atom. The highest BCUT2D eigenvalue weighted by Crippen LogP contribution is 2.23. The molecule has 3 heteroatoms. The average Bonchev–Trinajstić information content (AvgIpc) is 2.36. The van der Waals surface area contributed by atoms with Crippen LogP contribution in [-0.2, 0) is 6.54 Å². The molecule has 17 heavy (non-hydrogen) atoms. The van der Waals surface area contributed by atoms with Gasteiger partial charge in [0.25, 0.3) is 0 Å². The van der Waals surface area contributed by atoms with Gasteiger partial charge in [0, 0.05) is 35.6 Å². The fourth-order valence-corrected chi connectivity index (χ4v) is 4.67. The lowest BCUT2D eigenvalue weighted by Gasteiger charge is -2.21. The van der Waals surface area contributed by atoms with Crippen LogP contribution in [0.4, 0.5) is 0 Å². The molecule has 1 aromatic carbocycles. The zero-order valence-corrected chi connectivity index (χ0v) is 12.3. The van der Waals surface area contributed by atoms with Gasteiger partial charge in [0.2, 0.25) is 0 Å². The van der Waals surface area contributed by atoms with Crippen molar-refractivity contribution < 1.29 is 0 Å². The predicted molar refractivity (Wildman–Crippen MR) is 81.2 cm³/mol. The summed E-state index contributed by atoms with van der Waals surface area (Å²) in [6.45, 7) is 6.56. The summed E-state index contributed by atoms with van der Waals surface area (Å²) in [6, 6.07) is 6.58. The van der Waals surface area contributed by atoms with Crippen LogP contribution < -0.4 is 5.32 Å². The second-order valence-corrected chi connectivity index (χ2v) is 7.12. The fourth-order valence-electron chi connectivity index (χ4n) is 2.03. The number of thioether (sulfide) groups is 2. The first-order valence-electron chi connectivity index (χ1n) is 6.22. The molecule has 1 fully saturated rings. The van der Waals surface area contributed by atoms with Crippen molar-refractivity contribution in [2.24, 2.45) is 0 Å². The molecule has 0 bridgehead atoms. The summed E-state index contributed by atoms with van der Waals surface area (Å²) >= 11 is 4.22. The van der Waals surface area contributed by atoms with Gasteiger partial charge in [-0.05, 0) is 30.5 Å². The van der Waals surface area contributed by atoms with Crippen molar-refractivity contribution in [2.45, 2.75) is 25.6 Å². The maximum atomic E-state index is 3.61. The molecular weight excluding hydrogens is 246 g/mol. The summed E-state index contributed by atoms with van der Waals surface area (Å²) in [5, 5.41) is 4.41. The van der Waals surface area contributed by atoms with E-state index in [2.05, 4.69) is 60.9 Å². The largest absolute Gasteiger partial charge is 0.312 e. The van der Waals surface area contributed by atoms with Crippen molar-refractivity contribution in [2.75, 3.05) is 23.8 Å². The van der Waals surface area contributed by atoms with Gasteiger partial charge >= 0.3 is 0 Å². The third-order valence-corrected chi connectivity index (χ3v) is 6.13. The Labute approximate surface area is 113 Å². The van der Waals surface area contributed by atoms with Crippen LogP contribution >= 0.6 is 23.5 Å². The normalized spacial score (nSPS) is 20.5. The van der Waals surface area contributed by atoms with Crippen LogP contribution in [0, 0.1) is 13.8 Å². The lowest BCUT2D eigenvalue weighted by atomic mass is 10.0.